The van der Waals surface area contributed by atoms with Crippen LogP contribution in [-0.2, 0) is 6.42 Å². The highest BCUT2D eigenvalue weighted by molar-refractivity contribution is 5.88. The fourth-order valence-corrected chi connectivity index (χ4v) is 3.57. The Morgan fingerprint density at radius 2 is 1.52 bits per heavy atom. The molecule has 0 aromatic heterocycles. The molecule has 0 aliphatic heterocycles. The van der Waals surface area contributed by atoms with Crippen molar-refractivity contribution in [2.75, 3.05) is 0 Å². The predicted molar refractivity (Wildman–Crippen MR) is 94.9 cm³/mol. The van der Waals surface area contributed by atoms with Gasteiger partial charge in [-0.05, 0) is 47.6 Å². The van der Waals surface area contributed by atoms with Crippen molar-refractivity contribution in [1.29, 1.82) is 0 Å². The highest BCUT2D eigenvalue weighted by Gasteiger charge is 2.13. The molecule has 0 unspecified atom stereocenters. The molecule has 2 aromatic rings. The summed E-state index contributed by atoms with van der Waals surface area (Å²) >= 11 is 0. The molecule has 0 heterocycles. The Kier molecular flexibility index (Phi) is 6.29. The van der Waals surface area contributed by atoms with Crippen LogP contribution in [0.25, 0.3) is 10.8 Å². The van der Waals surface area contributed by atoms with Gasteiger partial charge in [0.1, 0.15) is 0 Å². The van der Waals surface area contributed by atoms with Gasteiger partial charge in [0, 0.05) is 0 Å². The molecule has 2 aromatic carbocycles. The van der Waals surface area contributed by atoms with E-state index in [0.29, 0.717) is 0 Å². The minimum atomic E-state index is 0.980. The fraction of sp³-hybridized carbons (Fsp3) is 0.524. The number of rotatable bonds is 3. The van der Waals surface area contributed by atoms with Crippen LogP contribution in [0.15, 0.2) is 36.4 Å². The highest BCUT2D eigenvalue weighted by Crippen LogP contribution is 2.29. The van der Waals surface area contributed by atoms with Gasteiger partial charge < -0.3 is 0 Å². The molecule has 0 heteroatoms. The third-order valence-corrected chi connectivity index (χ3v) is 4.78. The van der Waals surface area contributed by atoms with E-state index < -0.39 is 0 Å². The summed E-state index contributed by atoms with van der Waals surface area (Å²) in [6, 6.07) is 13.5. The summed E-state index contributed by atoms with van der Waals surface area (Å²) in [4.78, 5) is 0. The Hall–Kier alpha value is -1.30. The van der Waals surface area contributed by atoms with Crippen molar-refractivity contribution in [2.45, 2.75) is 65.7 Å². The highest BCUT2D eigenvalue weighted by atomic mass is 14.2. The Morgan fingerprint density at radius 1 is 0.857 bits per heavy atom. The minimum Gasteiger partial charge on any atom is -0.0683 e. The van der Waals surface area contributed by atoms with Crippen molar-refractivity contribution in [3.8, 4) is 0 Å². The number of aryl methyl sites for hydroxylation is 2. The van der Waals surface area contributed by atoms with Gasteiger partial charge >= 0.3 is 0 Å². The Morgan fingerprint density at radius 3 is 2.24 bits per heavy atom. The second kappa shape index (κ2) is 8.22. The summed E-state index contributed by atoms with van der Waals surface area (Å²) in [5.41, 5.74) is 2.95. The van der Waals surface area contributed by atoms with Gasteiger partial charge in [-0.1, -0.05) is 82.3 Å². The van der Waals surface area contributed by atoms with E-state index in [2.05, 4.69) is 43.3 Å². The maximum atomic E-state index is 2.35. The molecule has 0 spiro atoms. The second-order valence-electron chi connectivity index (χ2n) is 6.13. The van der Waals surface area contributed by atoms with Crippen LogP contribution in [0.3, 0.4) is 0 Å². The van der Waals surface area contributed by atoms with Crippen LogP contribution in [0.5, 0.6) is 0 Å². The van der Waals surface area contributed by atoms with Gasteiger partial charge in [-0.3, -0.25) is 0 Å². The van der Waals surface area contributed by atoms with Crippen molar-refractivity contribution in [3.05, 3.63) is 47.5 Å². The fourth-order valence-electron chi connectivity index (χ4n) is 3.57. The maximum absolute atomic E-state index is 2.35. The minimum absolute atomic E-state index is 0.980. The molecule has 0 atom stereocenters. The maximum Gasteiger partial charge on any atom is -0.0149 e. The first-order valence-corrected chi connectivity index (χ1v) is 8.82. The number of hydrogen-bond acceptors (Lipinski definition) is 0. The Bertz CT molecular complexity index is 547. The molecule has 21 heavy (non-hydrogen) atoms. The molecule has 0 radical (unpaired) electrons. The predicted octanol–water partition coefficient (Wildman–Crippen LogP) is 6.69. The summed E-state index contributed by atoms with van der Waals surface area (Å²) in [6.45, 7) is 6.22. The third-order valence-electron chi connectivity index (χ3n) is 4.78. The summed E-state index contributed by atoms with van der Waals surface area (Å²) < 4.78 is 0. The first-order valence-electron chi connectivity index (χ1n) is 8.82. The lowest BCUT2D eigenvalue weighted by molar-refractivity contribution is 0.339. The topological polar surface area (TPSA) is 0 Å². The monoisotopic (exact) mass is 282 g/mol. The largest absolute Gasteiger partial charge is 0.0683 e. The van der Waals surface area contributed by atoms with Crippen LogP contribution < -0.4 is 0 Å². The van der Waals surface area contributed by atoms with Crippen LogP contribution in [0.4, 0.5) is 0 Å². The number of hydrogen-bond donors (Lipinski definition) is 0. The summed E-state index contributed by atoms with van der Waals surface area (Å²) in [6.07, 6.45) is 9.94. The Balaban J connectivity index is 0.000000774. The lowest BCUT2D eigenvalue weighted by Gasteiger charge is -2.21. The standard InChI is InChI=1S/C19H24.C2H6/c1-15-11-13-17(19-10-6-5-9-18(15)19)14-12-16-7-3-2-4-8-16;1-2/h5-6,9-11,13,16H,2-4,7-8,12,14H2,1H3;1-2H3. The molecule has 0 bridgehead atoms. The van der Waals surface area contributed by atoms with Crippen LogP contribution in [0, 0.1) is 12.8 Å². The van der Waals surface area contributed by atoms with E-state index in [0.717, 1.165) is 5.92 Å². The van der Waals surface area contributed by atoms with E-state index in [9.17, 15) is 0 Å². The van der Waals surface area contributed by atoms with E-state index in [4.69, 9.17) is 0 Å². The molecule has 1 fully saturated rings. The quantitative estimate of drug-likeness (QED) is 0.588. The van der Waals surface area contributed by atoms with Crippen molar-refractivity contribution in [2.24, 2.45) is 5.92 Å². The van der Waals surface area contributed by atoms with Crippen LogP contribution in [0.1, 0.15) is 63.5 Å². The number of fused-ring (bicyclic) bond motifs is 1. The SMILES string of the molecule is CC.Cc1ccc(CCC2CCCCC2)c2ccccc12. The first kappa shape index (κ1) is 16.1. The first-order chi connectivity index (χ1) is 10.3. The van der Waals surface area contributed by atoms with Gasteiger partial charge in [0.05, 0.1) is 0 Å². The smallest absolute Gasteiger partial charge is 0.0149 e. The van der Waals surface area contributed by atoms with Gasteiger partial charge in [-0.25, -0.2) is 0 Å². The van der Waals surface area contributed by atoms with Gasteiger partial charge in [0.25, 0.3) is 0 Å². The van der Waals surface area contributed by atoms with Crippen LogP contribution >= 0.6 is 0 Å². The van der Waals surface area contributed by atoms with Gasteiger partial charge in [-0.15, -0.1) is 0 Å². The average Bonchev–Trinajstić information content (AvgIpc) is 2.57. The van der Waals surface area contributed by atoms with Crippen molar-refractivity contribution >= 4 is 10.8 Å². The van der Waals surface area contributed by atoms with Gasteiger partial charge in [0.15, 0.2) is 0 Å². The molecule has 114 valence electrons. The molecule has 0 amide bonds. The third kappa shape index (κ3) is 4.09. The van der Waals surface area contributed by atoms with Gasteiger partial charge in [0.2, 0.25) is 0 Å². The molecular formula is C21H30. The molecule has 0 N–H and O–H groups in total. The lowest BCUT2D eigenvalue weighted by atomic mass is 9.84. The van der Waals surface area contributed by atoms with Crippen molar-refractivity contribution < 1.29 is 0 Å². The van der Waals surface area contributed by atoms with Gasteiger partial charge in [-0.2, -0.15) is 0 Å². The van der Waals surface area contributed by atoms with E-state index in [1.54, 1.807) is 5.56 Å². The normalized spacial score (nSPS) is 15.6. The van der Waals surface area contributed by atoms with Crippen molar-refractivity contribution in [3.63, 3.8) is 0 Å². The van der Waals surface area contributed by atoms with Crippen LogP contribution in [0.2, 0.25) is 0 Å². The van der Waals surface area contributed by atoms with Crippen molar-refractivity contribution in [1.82, 2.24) is 0 Å². The molecule has 1 saturated carbocycles. The van der Waals surface area contributed by atoms with Crippen LogP contribution in [-0.4, -0.2) is 0 Å². The molecule has 0 nitrogen and oxygen atoms in total. The molecular weight excluding hydrogens is 252 g/mol. The molecule has 1 aliphatic carbocycles. The van der Waals surface area contributed by atoms with E-state index in [1.807, 2.05) is 13.8 Å². The number of benzene rings is 2. The van der Waals surface area contributed by atoms with E-state index in [1.165, 1.54) is 61.3 Å². The molecule has 0 saturated heterocycles. The zero-order valence-corrected chi connectivity index (χ0v) is 14.0. The lowest BCUT2D eigenvalue weighted by Crippen LogP contribution is -2.07. The molecule has 3 rings (SSSR count). The second-order valence-corrected chi connectivity index (χ2v) is 6.13. The average molecular weight is 282 g/mol. The van der Waals surface area contributed by atoms with E-state index >= 15 is 0 Å². The Labute approximate surface area is 130 Å². The van der Waals surface area contributed by atoms with E-state index in [-0.39, 0.29) is 0 Å². The summed E-state index contributed by atoms with van der Waals surface area (Å²) in [7, 11) is 0. The summed E-state index contributed by atoms with van der Waals surface area (Å²) in [5, 5.41) is 2.90. The molecule has 1 aliphatic rings. The summed E-state index contributed by atoms with van der Waals surface area (Å²) in [5.74, 6) is 0.980. The zero-order chi connectivity index (χ0) is 15.1. The zero-order valence-electron chi connectivity index (χ0n) is 14.0.